The van der Waals surface area contributed by atoms with Crippen LogP contribution in [0.1, 0.15) is 25.8 Å². The summed E-state index contributed by atoms with van der Waals surface area (Å²) < 4.78 is 31.3. The van der Waals surface area contributed by atoms with Crippen molar-refractivity contribution in [3.05, 3.63) is 60.3 Å². The molecule has 0 aliphatic carbocycles. The molecular formula is C23H23N3O5S. The Balaban J connectivity index is 1.45. The fourth-order valence-electron chi connectivity index (χ4n) is 3.81. The number of nitrogens with one attached hydrogen (secondary N) is 1. The number of fused-ring (bicyclic) bond motifs is 1. The third-order valence-electron chi connectivity index (χ3n) is 5.53. The van der Waals surface area contributed by atoms with E-state index in [-0.39, 0.29) is 17.2 Å². The number of hydrogen-bond donors (Lipinski definition) is 1. The molecule has 0 radical (unpaired) electrons. The molecule has 166 valence electrons. The van der Waals surface area contributed by atoms with E-state index >= 15 is 0 Å². The van der Waals surface area contributed by atoms with Crippen molar-refractivity contribution in [1.29, 1.82) is 0 Å². The number of nitrogens with zero attached hydrogens (tertiary/aromatic N) is 2. The zero-order chi connectivity index (χ0) is 22.9. The van der Waals surface area contributed by atoms with Crippen LogP contribution in [0.3, 0.4) is 0 Å². The molecule has 8 nitrogen and oxygen atoms in total. The maximum Gasteiger partial charge on any atom is 0.225 e. The lowest BCUT2D eigenvalue weighted by atomic mass is 10.1. The van der Waals surface area contributed by atoms with Crippen LogP contribution < -0.4 is 10.2 Å². The highest BCUT2D eigenvalue weighted by molar-refractivity contribution is 7.92. The highest BCUT2D eigenvalue weighted by Gasteiger charge is 2.29. The molecule has 0 fully saturated rings. The second-order valence-corrected chi connectivity index (χ2v) is 10.1. The minimum Gasteiger partial charge on any atom is -0.356 e. The first-order valence-corrected chi connectivity index (χ1v) is 11.8. The largest absolute Gasteiger partial charge is 0.356 e. The molecular weight excluding hydrogens is 430 g/mol. The summed E-state index contributed by atoms with van der Waals surface area (Å²) in [5.74, 6) is 0.0912. The molecule has 3 aromatic rings. The van der Waals surface area contributed by atoms with E-state index in [4.69, 9.17) is 4.52 Å². The van der Waals surface area contributed by atoms with Gasteiger partial charge in [-0.25, -0.2) is 8.42 Å². The molecule has 0 spiro atoms. The van der Waals surface area contributed by atoms with Crippen molar-refractivity contribution in [3.8, 4) is 11.3 Å². The molecule has 1 atom stereocenters. The molecule has 32 heavy (non-hydrogen) atoms. The van der Waals surface area contributed by atoms with Crippen molar-refractivity contribution < 1.29 is 22.5 Å². The van der Waals surface area contributed by atoms with Gasteiger partial charge in [-0.15, -0.1) is 0 Å². The van der Waals surface area contributed by atoms with E-state index in [0.717, 1.165) is 16.8 Å². The second kappa shape index (κ2) is 8.58. The fourth-order valence-corrected chi connectivity index (χ4v) is 5.21. The molecule has 1 unspecified atom stereocenters. The van der Waals surface area contributed by atoms with E-state index in [9.17, 15) is 18.0 Å². The summed E-state index contributed by atoms with van der Waals surface area (Å²) in [7, 11) is -3.72. The van der Waals surface area contributed by atoms with Crippen LogP contribution in [-0.2, 0) is 25.8 Å². The lowest BCUT2D eigenvalue weighted by Crippen LogP contribution is -2.26. The number of anilines is 2. The van der Waals surface area contributed by atoms with E-state index in [0.29, 0.717) is 24.4 Å². The normalized spacial score (nSPS) is 14.1. The summed E-state index contributed by atoms with van der Waals surface area (Å²) in [6.45, 7) is 3.55. The topological polar surface area (TPSA) is 110 Å². The molecule has 4 rings (SSSR count). The van der Waals surface area contributed by atoms with Crippen LogP contribution in [0.2, 0.25) is 0 Å². The van der Waals surface area contributed by atoms with E-state index in [1.807, 2.05) is 6.07 Å². The number of rotatable bonds is 6. The Hall–Kier alpha value is -3.46. The average molecular weight is 454 g/mol. The Morgan fingerprint density at radius 3 is 2.72 bits per heavy atom. The highest BCUT2D eigenvalue weighted by Crippen LogP contribution is 2.31. The number of hydrogen-bond acceptors (Lipinski definition) is 6. The van der Waals surface area contributed by atoms with Crippen molar-refractivity contribution in [1.82, 2.24) is 5.16 Å². The molecule has 2 heterocycles. The lowest BCUT2D eigenvalue weighted by Gasteiger charge is -2.16. The van der Waals surface area contributed by atoms with E-state index < -0.39 is 21.0 Å². The number of carbonyl (C=O) groups is 2. The molecule has 2 amide bonds. The molecule has 1 aliphatic heterocycles. The number of aromatic nitrogens is 1. The van der Waals surface area contributed by atoms with Crippen LogP contribution in [0.25, 0.3) is 11.3 Å². The number of sulfone groups is 1. The zero-order valence-corrected chi connectivity index (χ0v) is 18.6. The Morgan fingerprint density at radius 1 is 1.19 bits per heavy atom. The van der Waals surface area contributed by atoms with Crippen molar-refractivity contribution in [2.24, 2.45) is 0 Å². The molecule has 1 aromatic heterocycles. The second-order valence-electron chi connectivity index (χ2n) is 7.78. The third-order valence-corrected chi connectivity index (χ3v) is 7.66. The molecule has 0 saturated carbocycles. The van der Waals surface area contributed by atoms with Gasteiger partial charge in [-0.3, -0.25) is 9.59 Å². The SMILES string of the molecule is CC(=O)N1CCc2cc(S(=O)(=O)C(C)CC(=O)Nc3cccc(-c4ccno4)c3)ccc21. The zero-order valence-electron chi connectivity index (χ0n) is 17.7. The Kier molecular flexibility index (Phi) is 5.84. The maximum atomic E-state index is 13.1. The van der Waals surface area contributed by atoms with Gasteiger partial charge in [-0.05, 0) is 49.2 Å². The first-order valence-electron chi connectivity index (χ1n) is 10.2. The third kappa shape index (κ3) is 4.29. The summed E-state index contributed by atoms with van der Waals surface area (Å²) in [5, 5.41) is 5.51. The van der Waals surface area contributed by atoms with Gasteiger partial charge in [0.2, 0.25) is 11.8 Å². The van der Waals surface area contributed by atoms with Crippen LogP contribution in [0.4, 0.5) is 11.4 Å². The minimum absolute atomic E-state index is 0.0724. The van der Waals surface area contributed by atoms with Gasteiger partial charge in [-0.1, -0.05) is 17.3 Å². The van der Waals surface area contributed by atoms with Crippen LogP contribution in [-0.4, -0.2) is 37.2 Å². The predicted molar refractivity (Wildman–Crippen MR) is 120 cm³/mol. The number of carbonyl (C=O) groups excluding carboxylic acids is 2. The fraction of sp³-hybridized carbons (Fsp3) is 0.261. The lowest BCUT2D eigenvalue weighted by molar-refractivity contribution is -0.117. The van der Waals surface area contributed by atoms with Gasteiger partial charge in [0.25, 0.3) is 0 Å². The van der Waals surface area contributed by atoms with Gasteiger partial charge in [-0.2, -0.15) is 0 Å². The summed E-state index contributed by atoms with van der Waals surface area (Å²) >= 11 is 0. The van der Waals surface area contributed by atoms with Crippen molar-refractivity contribution in [2.45, 2.75) is 36.8 Å². The Morgan fingerprint density at radius 2 is 2.00 bits per heavy atom. The smallest absolute Gasteiger partial charge is 0.225 e. The minimum atomic E-state index is -3.72. The van der Waals surface area contributed by atoms with Crippen LogP contribution >= 0.6 is 0 Å². The van der Waals surface area contributed by atoms with Gasteiger partial charge >= 0.3 is 0 Å². The van der Waals surface area contributed by atoms with Gasteiger partial charge in [0.15, 0.2) is 15.6 Å². The number of benzene rings is 2. The molecule has 0 saturated heterocycles. The van der Waals surface area contributed by atoms with E-state index in [2.05, 4.69) is 10.5 Å². The van der Waals surface area contributed by atoms with Gasteiger partial charge in [0, 0.05) is 42.9 Å². The van der Waals surface area contributed by atoms with Gasteiger partial charge in [0.1, 0.15) is 0 Å². The maximum absolute atomic E-state index is 13.1. The highest BCUT2D eigenvalue weighted by atomic mass is 32.2. The predicted octanol–water partition coefficient (Wildman–Crippen LogP) is 3.44. The molecule has 9 heteroatoms. The van der Waals surface area contributed by atoms with Gasteiger partial charge < -0.3 is 14.7 Å². The average Bonchev–Trinajstić information content (AvgIpc) is 3.43. The summed E-state index contributed by atoms with van der Waals surface area (Å²) in [4.78, 5) is 26.1. The molecule has 0 bridgehead atoms. The van der Waals surface area contributed by atoms with Crippen LogP contribution in [0, 0.1) is 0 Å². The van der Waals surface area contributed by atoms with E-state index in [1.165, 1.54) is 26.1 Å². The van der Waals surface area contributed by atoms with Crippen molar-refractivity contribution in [2.75, 3.05) is 16.8 Å². The monoisotopic (exact) mass is 453 g/mol. The summed E-state index contributed by atoms with van der Waals surface area (Å²) in [6, 6.07) is 13.5. The van der Waals surface area contributed by atoms with Crippen molar-refractivity contribution in [3.63, 3.8) is 0 Å². The van der Waals surface area contributed by atoms with Crippen molar-refractivity contribution >= 4 is 33.0 Å². The summed E-state index contributed by atoms with van der Waals surface area (Å²) in [5.41, 5.74) is 2.85. The first kappa shape index (κ1) is 21.8. The van der Waals surface area contributed by atoms with Gasteiger partial charge in [0.05, 0.1) is 16.3 Å². The number of amides is 2. The molecule has 1 aliphatic rings. The van der Waals surface area contributed by atoms with E-state index in [1.54, 1.807) is 41.3 Å². The van der Waals surface area contributed by atoms with Crippen LogP contribution in [0.15, 0.2) is 64.1 Å². The molecule has 1 N–H and O–H groups in total. The summed E-state index contributed by atoms with van der Waals surface area (Å²) in [6.07, 6.45) is 1.95. The Labute approximate surface area is 186 Å². The first-order chi connectivity index (χ1) is 15.3. The van der Waals surface area contributed by atoms with Crippen LogP contribution in [0.5, 0.6) is 0 Å². The standard InChI is InChI=1S/C23H23N3O5S/c1-15(12-23(28)25-19-5-3-4-18(13-19)22-8-10-24-31-22)32(29,30)20-6-7-21-17(14-20)9-11-26(21)16(2)27/h3-8,10,13-15H,9,11-12H2,1-2H3,(H,25,28). The quantitative estimate of drug-likeness (QED) is 0.612. The Bertz CT molecular complexity index is 1270. The molecule has 2 aromatic carbocycles.